The van der Waals surface area contributed by atoms with Crippen LogP contribution in [-0.4, -0.2) is 52.4 Å². The molecule has 1 fully saturated rings. The van der Waals surface area contributed by atoms with E-state index in [9.17, 15) is 17.2 Å². The lowest BCUT2D eigenvalue weighted by Gasteiger charge is -2.25. The van der Waals surface area contributed by atoms with E-state index < -0.39 is 28.5 Å². The van der Waals surface area contributed by atoms with Gasteiger partial charge in [-0.2, -0.15) is 0 Å². The molecule has 0 spiro atoms. The van der Waals surface area contributed by atoms with E-state index in [0.29, 0.717) is 41.5 Å². The van der Waals surface area contributed by atoms with Gasteiger partial charge in [-0.25, -0.2) is 32.2 Å². The van der Waals surface area contributed by atoms with Crippen molar-refractivity contribution >= 4 is 49.9 Å². The van der Waals surface area contributed by atoms with Crippen LogP contribution in [0.15, 0.2) is 30.5 Å². The fourth-order valence-electron chi connectivity index (χ4n) is 4.63. The molecule has 0 aliphatic carbocycles. The normalized spacial score (nSPS) is 16.3. The van der Waals surface area contributed by atoms with E-state index in [2.05, 4.69) is 20.3 Å². The minimum absolute atomic E-state index is 0.0564. The molecular weight excluding hydrogens is 552 g/mol. The number of nitrogens with zero attached hydrogens (tertiary/aromatic N) is 6. The molecule has 1 aliphatic heterocycles. The second-order valence-corrected chi connectivity index (χ2v) is 11.9. The molecule has 0 bridgehead atoms. The molecule has 1 N–H and O–H groups in total. The summed E-state index contributed by atoms with van der Waals surface area (Å²) in [6.45, 7) is 2.36. The number of imidazole rings is 2. The van der Waals surface area contributed by atoms with Gasteiger partial charge in [0.1, 0.15) is 22.7 Å². The maximum atomic E-state index is 14.1. The number of hydrogen-bond donors (Lipinski definition) is 1. The number of anilines is 3. The molecule has 1 unspecified atom stereocenters. The summed E-state index contributed by atoms with van der Waals surface area (Å²) in [7, 11) is -0.361. The van der Waals surface area contributed by atoms with Crippen molar-refractivity contribution in [2.75, 3.05) is 29.5 Å². The third-order valence-electron chi connectivity index (χ3n) is 6.87. The minimum atomic E-state index is -3.66. The molecular formula is C25H28ClF2N7O3S. The summed E-state index contributed by atoms with van der Waals surface area (Å²) in [5.74, 6) is 0.188. The van der Waals surface area contributed by atoms with Crippen molar-refractivity contribution in [2.45, 2.75) is 38.8 Å². The maximum absolute atomic E-state index is 14.1. The van der Waals surface area contributed by atoms with Gasteiger partial charge in [-0.3, -0.25) is 8.87 Å². The van der Waals surface area contributed by atoms with Crippen molar-refractivity contribution in [1.82, 2.24) is 24.1 Å². The zero-order valence-corrected chi connectivity index (χ0v) is 23.4. The Morgan fingerprint density at radius 3 is 2.59 bits per heavy atom. The number of benzene rings is 1. The largest absolute Gasteiger partial charge is 0.358 e. The summed E-state index contributed by atoms with van der Waals surface area (Å²) in [4.78, 5) is 13.0. The predicted octanol–water partition coefficient (Wildman–Crippen LogP) is 5.57. The van der Waals surface area contributed by atoms with E-state index in [0.717, 1.165) is 29.1 Å². The summed E-state index contributed by atoms with van der Waals surface area (Å²) >= 11 is 6.35. The Balaban J connectivity index is 1.66. The quantitative estimate of drug-likeness (QED) is 0.285. The smallest absolute Gasteiger partial charge is 0.295 e. The summed E-state index contributed by atoms with van der Waals surface area (Å²) in [6.07, 6.45) is 1.52. The highest BCUT2D eigenvalue weighted by Crippen LogP contribution is 2.39. The number of pyridine rings is 1. The third-order valence-corrected chi connectivity index (χ3v) is 8.25. The van der Waals surface area contributed by atoms with Crippen LogP contribution in [0.4, 0.5) is 25.8 Å². The fourth-order valence-corrected chi connectivity index (χ4v) is 5.33. The van der Waals surface area contributed by atoms with E-state index in [4.69, 9.17) is 16.3 Å². The van der Waals surface area contributed by atoms with Gasteiger partial charge in [0.2, 0.25) is 10.0 Å². The highest BCUT2D eigenvalue weighted by Gasteiger charge is 2.29. The molecule has 5 rings (SSSR count). The van der Waals surface area contributed by atoms with Gasteiger partial charge in [0.15, 0.2) is 11.5 Å². The average molecular weight is 580 g/mol. The molecule has 4 aromatic rings. The topological polar surface area (TPSA) is 107 Å². The lowest BCUT2D eigenvalue weighted by atomic mass is 10.1. The average Bonchev–Trinajstić information content (AvgIpc) is 3.44. The molecule has 10 nitrogen and oxygen atoms in total. The second-order valence-electron chi connectivity index (χ2n) is 9.50. The molecule has 208 valence electrons. The fraction of sp³-hybridized carbons (Fsp3) is 0.400. The first-order valence-electron chi connectivity index (χ1n) is 12.3. The van der Waals surface area contributed by atoms with Crippen LogP contribution in [0.25, 0.3) is 22.6 Å². The number of sulfonamides is 1. The Morgan fingerprint density at radius 1 is 1.21 bits per heavy atom. The molecule has 4 heterocycles. The molecule has 39 heavy (non-hydrogen) atoms. The molecule has 1 aromatic carbocycles. The Hall–Kier alpha value is -3.29. The van der Waals surface area contributed by atoms with Gasteiger partial charge in [0, 0.05) is 44.2 Å². The van der Waals surface area contributed by atoms with Crippen LogP contribution >= 0.6 is 11.6 Å². The maximum Gasteiger partial charge on any atom is 0.295 e. The van der Waals surface area contributed by atoms with Crippen LogP contribution < -0.4 is 9.62 Å². The van der Waals surface area contributed by atoms with Gasteiger partial charge in [-0.15, -0.1) is 0 Å². The highest BCUT2D eigenvalue weighted by atomic mass is 35.5. The van der Waals surface area contributed by atoms with Gasteiger partial charge >= 0.3 is 0 Å². The Kier molecular flexibility index (Phi) is 7.25. The molecule has 0 radical (unpaired) electrons. The van der Waals surface area contributed by atoms with Gasteiger partial charge in [0.05, 0.1) is 23.3 Å². The first-order chi connectivity index (χ1) is 18.5. The predicted molar refractivity (Wildman–Crippen MR) is 146 cm³/mol. The number of nitrogens with one attached hydrogen (secondary N) is 1. The van der Waals surface area contributed by atoms with E-state index >= 15 is 0 Å². The van der Waals surface area contributed by atoms with Crippen molar-refractivity contribution in [1.29, 1.82) is 0 Å². The molecule has 14 heteroatoms. The Bertz CT molecular complexity index is 1650. The van der Waals surface area contributed by atoms with Crippen LogP contribution in [0.5, 0.6) is 0 Å². The van der Waals surface area contributed by atoms with Gasteiger partial charge in [-0.1, -0.05) is 11.6 Å². The zero-order valence-electron chi connectivity index (χ0n) is 21.8. The Labute approximate surface area is 229 Å². The van der Waals surface area contributed by atoms with E-state index in [1.165, 1.54) is 17.7 Å². The summed E-state index contributed by atoms with van der Waals surface area (Å²) < 4.78 is 63.5. The first-order valence-corrected chi connectivity index (χ1v) is 14.5. The first kappa shape index (κ1) is 27.3. The van der Waals surface area contributed by atoms with Crippen LogP contribution in [0.1, 0.15) is 43.4 Å². The SMILES string of the molecule is Cc1cnc(-c2ccc(Nc3cc(Cl)nc4c3nc(C(F)F)n4C3CCCCO3)c(N(C)S(C)(=O)=O)c2)n1C. The van der Waals surface area contributed by atoms with Crippen molar-refractivity contribution < 1.29 is 21.9 Å². The van der Waals surface area contributed by atoms with Crippen molar-refractivity contribution in [3.05, 3.63) is 47.1 Å². The third kappa shape index (κ3) is 5.18. The van der Waals surface area contributed by atoms with Crippen molar-refractivity contribution in [2.24, 2.45) is 7.05 Å². The zero-order chi connectivity index (χ0) is 28.1. The molecule has 0 amide bonds. The number of halogens is 3. The minimum Gasteiger partial charge on any atom is -0.358 e. The van der Waals surface area contributed by atoms with Crippen molar-refractivity contribution in [3.8, 4) is 11.4 Å². The number of aryl methyl sites for hydroxylation is 1. The standard InChI is InChI=1S/C25H28ClF2N7O3S/c1-14-13-29-23(33(14)2)15-8-9-16(18(11-15)34(3)39(4,36)37)30-17-12-19(26)31-24-21(17)32-25(22(27)28)35(24)20-7-5-6-10-38-20/h8-9,11-13,20,22H,5-7,10H2,1-4H3,(H,30,31). The number of hydrogen-bond acceptors (Lipinski definition) is 7. The lowest BCUT2D eigenvalue weighted by molar-refractivity contribution is -0.0363. The monoisotopic (exact) mass is 579 g/mol. The molecule has 1 atom stereocenters. The summed E-state index contributed by atoms with van der Waals surface area (Å²) in [5, 5.41) is 3.23. The van der Waals surface area contributed by atoms with Crippen molar-refractivity contribution in [3.63, 3.8) is 0 Å². The number of ether oxygens (including phenoxy) is 1. The van der Waals surface area contributed by atoms with E-state index in [1.54, 1.807) is 24.4 Å². The number of aromatic nitrogens is 5. The number of fused-ring (bicyclic) bond motifs is 1. The van der Waals surface area contributed by atoms with E-state index in [-0.39, 0.29) is 16.3 Å². The van der Waals surface area contributed by atoms with Gasteiger partial charge in [0.25, 0.3) is 6.43 Å². The van der Waals surface area contributed by atoms with Crippen LogP contribution in [0.3, 0.4) is 0 Å². The van der Waals surface area contributed by atoms with Gasteiger partial charge in [-0.05, 0) is 44.4 Å². The summed E-state index contributed by atoms with van der Waals surface area (Å²) in [6, 6.07) is 6.66. The number of alkyl halides is 2. The second kappa shape index (κ2) is 10.4. The molecule has 0 saturated carbocycles. The summed E-state index contributed by atoms with van der Waals surface area (Å²) in [5.41, 5.74) is 2.96. The van der Waals surface area contributed by atoms with Crippen LogP contribution in [-0.2, 0) is 21.8 Å². The molecule has 3 aromatic heterocycles. The van der Waals surface area contributed by atoms with Crippen LogP contribution in [0.2, 0.25) is 5.15 Å². The molecule has 1 aliphatic rings. The van der Waals surface area contributed by atoms with E-state index in [1.807, 2.05) is 18.5 Å². The number of rotatable bonds is 7. The Morgan fingerprint density at radius 2 is 1.97 bits per heavy atom. The van der Waals surface area contributed by atoms with Crippen LogP contribution in [0, 0.1) is 6.92 Å². The lowest BCUT2D eigenvalue weighted by Crippen LogP contribution is -2.25. The highest BCUT2D eigenvalue weighted by molar-refractivity contribution is 7.92. The van der Waals surface area contributed by atoms with Gasteiger partial charge < -0.3 is 14.6 Å². The molecule has 1 saturated heterocycles.